The van der Waals surface area contributed by atoms with E-state index in [9.17, 15) is 27.9 Å². The molecule has 0 unspecified atom stereocenters. The van der Waals surface area contributed by atoms with E-state index in [-0.39, 0.29) is 5.56 Å². The van der Waals surface area contributed by atoms with Gasteiger partial charge in [0.15, 0.2) is 5.54 Å². The summed E-state index contributed by atoms with van der Waals surface area (Å²) in [5.74, 6) is -2.14. The van der Waals surface area contributed by atoms with Gasteiger partial charge in [0.25, 0.3) is 5.91 Å². The van der Waals surface area contributed by atoms with Crippen molar-refractivity contribution in [1.29, 1.82) is 0 Å². The molecule has 0 radical (unpaired) electrons. The van der Waals surface area contributed by atoms with Gasteiger partial charge in [0, 0.05) is 5.56 Å². The van der Waals surface area contributed by atoms with E-state index >= 15 is 0 Å². The molecular formula is C22H16F3NO3. The monoisotopic (exact) mass is 399 g/mol. The largest absolute Gasteiger partial charge is 0.479 e. The van der Waals surface area contributed by atoms with Crippen molar-refractivity contribution in [2.45, 2.75) is 11.7 Å². The third-order valence-corrected chi connectivity index (χ3v) is 4.51. The maximum atomic E-state index is 12.8. The van der Waals surface area contributed by atoms with Crippen molar-refractivity contribution in [1.82, 2.24) is 5.32 Å². The third kappa shape index (κ3) is 3.99. The lowest BCUT2D eigenvalue weighted by molar-refractivity contribution is -0.143. The Hall–Kier alpha value is -3.61. The number of rotatable bonds is 5. The summed E-state index contributed by atoms with van der Waals surface area (Å²) in [6, 6.07) is 19.8. The van der Waals surface area contributed by atoms with Crippen molar-refractivity contribution in [3.63, 3.8) is 0 Å². The SMILES string of the molecule is O=C(NC(C(=O)O)(c1ccccc1)c1ccccc1)c1ccc(C(F)(F)F)cc1. The first-order chi connectivity index (χ1) is 13.7. The minimum atomic E-state index is -4.53. The van der Waals surface area contributed by atoms with Crippen LogP contribution in [0.5, 0.6) is 0 Å². The molecule has 0 saturated heterocycles. The zero-order chi connectivity index (χ0) is 21.1. The highest BCUT2D eigenvalue weighted by Crippen LogP contribution is 2.32. The van der Waals surface area contributed by atoms with E-state index in [1.807, 2.05) is 0 Å². The summed E-state index contributed by atoms with van der Waals surface area (Å²) < 4.78 is 38.3. The van der Waals surface area contributed by atoms with Gasteiger partial charge in [-0.2, -0.15) is 13.2 Å². The Morgan fingerprint density at radius 1 is 0.690 bits per heavy atom. The van der Waals surface area contributed by atoms with E-state index in [0.29, 0.717) is 11.1 Å². The average Bonchev–Trinajstić information content (AvgIpc) is 2.72. The van der Waals surface area contributed by atoms with Crippen LogP contribution in [0.4, 0.5) is 13.2 Å². The van der Waals surface area contributed by atoms with Crippen LogP contribution in [0.2, 0.25) is 0 Å². The number of hydrogen-bond acceptors (Lipinski definition) is 2. The van der Waals surface area contributed by atoms with Crippen molar-refractivity contribution in [2.24, 2.45) is 0 Å². The number of carboxylic acid groups (broad SMARTS) is 1. The molecule has 0 atom stereocenters. The quantitative estimate of drug-likeness (QED) is 0.666. The molecule has 7 heteroatoms. The van der Waals surface area contributed by atoms with Crippen molar-refractivity contribution >= 4 is 11.9 Å². The number of benzene rings is 3. The first kappa shape index (κ1) is 20.1. The number of amides is 1. The molecule has 0 fully saturated rings. The van der Waals surface area contributed by atoms with Crippen LogP contribution in [0.25, 0.3) is 0 Å². The van der Waals surface area contributed by atoms with Gasteiger partial charge >= 0.3 is 12.1 Å². The highest BCUT2D eigenvalue weighted by Gasteiger charge is 2.44. The van der Waals surface area contributed by atoms with Gasteiger partial charge in [-0.05, 0) is 35.4 Å². The Labute approximate surface area is 164 Å². The lowest BCUT2D eigenvalue weighted by atomic mass is 9.82. The molecule has 0 heterocycles. The summed E-state index contributed by atoms with van der Waals surface area (Å²) in [5.41, 5.74) is -2.29. The molecule has 3 rings (SSSR count). The van der Waals surface area contributed by atoms with E-state index in [4.69, 9.17) is 0 Å². The van der Waals surface area contributed by atoms with E-state index in [2.05, 4.69) is 5.32 Å². The van der Waals surface area contributed by atoms with Crippen molar-refractivity contribution in [2.75, 3.05) is 0 Å². The second-order valence-electron chi connectivity index (χ2n) is 6.32. The normalized spacial score (nSPS) is 11.7. The Kier molecular flexibility index (Phi) is 5.41. The molecule has 3 aromatic rings. The molecule has 4 nitrogen and oxygen atoms in total. The fourth-order valence-corrected chi connectivity index (χ4v) is 3.04. The van der Waals surface area contributed by atoms with Gasteiger partial charge in [-0.15, -0.1) is 0 Å². The first-order valence-corrected chi connectivity index (χ1v) is 8.59. The van der Waals surface area contributed by atoms with Gasteiger partial charge in [0.05, 0.1) is 5.56 Å². The molecule has 0 saturated carbocycles. The fourth-order valence-electron chi connectivity index (χ4n) is 3.04. The number of aliphatic carboxylic acids is 1. The van der Waals surface area contributed by atoms with Gasteiger partial charge in [0.2, 0.25) is 0 Å². The van der Waals surface area contributed by atoms with E-state index in [0.717, 1.165) is 24.3 Å². The predicted octanol–water partition coefficient (Wildman–Crippen LogP) is 4.46. The minimum absolute atomic E-state index is 0.0875. The molecule has 2 N–H and O–H groups in total. The highest BCUT2D eigenvalue weighted by atomic mass is 19.4. The van der Waals surface area contributed by atoms with E-state index in [1.54, 1.807) is 60.7 Å². The second-order valence-corrected chi connectivity index (χ2v) is 6.32. The molecule has 0 aliphatic carbocycles. The number of carbonyl (C=O) groups excluding carboxylic acids is 1. The van der Waals surface area contributed by atoms with Crippen LogP contribution >= 0.6 is 0 Å². The second kappa shape index (κ2) is 7.79. The van der Waals surface area contributed by atoms with E-state index in [1.165, 1.54) is 0 Å². The number of carbonyl (C=O) groups is 2. The highest BCUT2D eigenvalue weighted by molar-refractivity contribution is 5.99. The number of halogens is 3. The summed E-state index contributed by atoms with van der Waals surface area (Å²) in [6.45, 7) is 0. The molecule has 0 aliphatic heterocycles. The smallest absolute Gasteiger partial charge is 0.416 e. The molecule has 29 heavy (non-hydrogen) atoms. The van der Waals surface area contributed by atoms with Crippen molar-refractivity contribution < 1.29 is 27.9 Å². The van der Waals surface area contributed by atoms with Gasteiger partial charge in [0.1, 0.15) is 0 Å². The van der Waals surface area contributed by atoms with Gasteiger partial charge in [-0.25, -0.2) is 4.79 Å². The summed E-state index contributed by atoms with van der Waals surface area (Å²) in [6.07, 6.45) is -4.53. The Balaban J connectivity index is 2.06. The molecule has 0 aliphatic rings. The average molecular weight is 399 g/mol. The van der Waals surface area contributed by atoms with Gasteiger partial charge < -0.3 is 10.4 Å². The number of carboxylic acids is 1. The summed E-state index contributed by atoms with van der Waals surface area (Å²) in [4.78, 5) is 25.2. The lowest BCUT2D eigenvalue weighted by Crippen LogP contribution is -2.52. The fraction of sp³-hybridized carbons (Fsp3) is 0.0909. The molecule has 0 aromatic heterocycles. The van der Waals surface area contributed by atoms with Crippen LogP contribution in [0.1, 0.15) is 27.0 Å². The van der Waals surface area contributed by atoms with E-state index < -0.39 is 29.2 Å². The lowest BCUT2D eigenvalue weighted by Gasteiger charge is -2.31. The Morgan fingerprint density at radius 2 is 1.14 bits per heavy atom. The summed E-state index contributed by atoms with van der Waals surface area (Å²) in [7, 11) is 0. The standard InChI is InChI=1S/C22H16F3NO3/c23-22(24,25)18-13-11-15(12-14-18)19(27)26-21(20(28)29,16-7-3-1-4-8-16)17-9-5-2-6-10-17/h1-14H,(H,26,27)(H,28,29). The van der Waals surface area contributed by atoms with Crippen molar-refractivity contribution in [3.05, 3.63) is 107 Å². The molecule has 0 spiro atoms. The van der Waals surface area contributed by atoms with Crippen molar-refractivity contribution in [3.8, 4) is 0 Å². The summed E-state index contributed by atoms with van der Waals surface area (Å²) >= 11 is 0. The minimum Gasteiger partial charge on any atom is -0.479 e. The molecule has 1 amide bonds. The molecule has 0 bridgehead atoms. The van der Waals surface area contributed by atoms with Crippen LogP contribution in [0.15, 0.2) is 84.9 Å². The van der Waals surface area contributed by atoms with Crippen LogP contribution < -0.4 is 5.32 Å². The first-order valence-electron chi connectivity index (χ1n) is 8.59. The van der Waals surface area contributed by atoms with Crippen LogP contribution in [0, 0.1) is 0 Å². The molecular weight excluding hydrogens is 383 g/mol. The van der Waals surface area contributed by atoms with Crippen LogP contribution in [-0.2, 0) is 16.5 Å². The maximum Gasteiger partial charge on any atom is 0.416 e. The van der Waals surface area contributed by atoms with Gasteiger partial charge in [-0.3, -0.25) is 4.79 Å². The molecule has 148 valence electrons. The van der Waals surface area contributed by atoms with Gasteiger partial charge in [-0.1, -0.05) is 60.7 Å². The molecule has 3 aromatic carbocycles. The maximum absolute atomic E-state index is 12.8. The number of alkyl halides is 3. The van der Waals surface area contributed by atoms with Crippen LogP contribution in [-0.4, -0.2) is 17.0 Å². The zero-order valence-electron chi connectivity index (χ0n) is 15.0. The number of hydrogen-bond donors (Lipinski definition) is 2. The Bertz CT molecular complexity index is 961. The Morgan fingerprint density at radius 3 is 1.52 bits per heavy atom. The summed E-state index contributed by atoms with van der Waals surface area (Å²) in [5, 5.41) is 12.6. The topological polar surface area (TPSA) is 66.4 Å². The van der Waals surface area contributed by atoms with Crippen LogP contribution in [0.3, 0.4) is 0 Å². The predicted molar refractivity (Wildman–Crippen MR) is 100 cm³/mol. The number of nitrogens with one attached hydrogen (secondary N) is 1. The third-order valence-electron chi connectivity index (χ3n) is 4.51. The zero-order valence-corrected chi connectivity index (χ0v) is 15.0.